The molecule has 1 aliphatic carbocycles. The Hall–Kier alpha value is 3.11. The Bertz CT molecular complexity index is 319. The van der Waals surface area contributed by atoms with Gasteiger partial charge in [0.05, 0.1) is 0 Å². The topological polar surface area (TPSA) is 57.6 Å². The van der Waals surface area contributed by atoms with E-state index in [9.17, 15) is 0 Å². The molecule has 3 radical (unpaired) electrons. The molecule has 3 heterocycles. The van der Waals surface area contributed by atoms with Crippen molar-refractivity contribution in [3.8, 4) is 0 Å². The molecule has 0 bridgehead atoms. The quantitative estimate of drug-likeness (QED) is 0.473. The van der Waals surface area contributed by atoms with Crippen molar-refractivity contribution < 1.29 is 98.1 Å². The molecule has 8 heteroatoms. The average molecular weight is 589 g/mol. The third-order valence-electron chi connectivity index (χ3n) is 5.67. The van der Waals surface area contributed by atoms with Crippen molar-refractivity contribution in [2.75, 3.05) is 67.0 Å². The summed E-state index contributed by atoms with van der Waals surface area (Å²) >= 11 is 0. The van der Waals surface area contributed by atoms with Crippen LogP contribution in [-0.2, 0) is 98.1 Å². The third kappa shape index (κ3) is 11.5. The van der Waals surface area contributed by atoms with E-state index in [-0.39, 0.29) is 98.1 Å². The smallest absolute Gasteiger partial charge is 0 e. The van der Waals surface area contributed by atoms with E-state index in [2.05, 4.69) is 33.2 Å². The van der Waals surface area contributed by atoms with Crippen LogP contribution >= 0.6 is 0 Å². The number of hydrogen-bond acceptors (Lipinski definition) is 2. The molecular formula is C18H36N5Y3-3. The van der Waals surface area contributed by atoms with Gasteiger partial charge in [0.25, 0.3) is 0 Å². The molecular weight excluding hydrogens is 553 g/mol. The Morgan fingerprint density at radius 3 is 1.77 bits per heavy atom. The number of nitrogens with zero attached hydrogens (tertiary/aromatic N) is 4. The summed E-state index contributed by atoms with van der Waals surface area (Å²) in [6, 6.07) is 0. The fourth-order valence-electron chi connectivity index (χ4n) is 3.69. The first-order valence-electron chi connectivity index (χ1n) is 9.33. The molecule has 3 aliphatic heterocycles. The van der Waals surface area contributed by atoms with Crippen molar-refractivity contribution >= 4 is 0 Å². The van der Waals surface area contributed by atoms with Gasteiger partial charge in [-0.3, -0.25) is 0 Å². The van der Waals surface area contributed by atoms with E-state index in [4.69, 9.17) is 0 Å². The minimum Gasteiger partial charge on any atom is -0.668 e. The van der Waals surface area contributed by atoms with Crippen LogP contribution in [0.3, 0.4) is 0 Å². The zero-order valence-electron chi connectivity index (χ0n) is 17.2. The summed E-state index contributed by atoms with van der Waals surface area (Å²) in [6.07, 6.45) is 8.22. The van der Waals surface area contributed by atoms with Crippen LogP contribution in [0.1, 0.15) is 38.5 Å². The van der Waals surface area contributed by atoms with Crippen molar-refractivity contribution in [1.29, 1.82) is 0 Å². The zero-order valence-corrected chi connectivity index (χ0v) is 25.7. The third-order valence-corrected chi connectivity index (χ3v) is 5.67. The van der Waals surface area contributed by atoms with Crippen molar-refractivity contribution in [2.24, 2.45) is 5.41 Å². The summed E-state index contributed by atoms with van der Waals surface area (Å²) in [6.45, 7) is 8.15. The van der Waals surface area contributed by atoms with Crippen LogP contribution in [0.2, 0.25) is 0 Å². The van der Waals surface area contributed by atoms with E-state index in [1.54, 1.807) is 14.1 Å². The number of piperidine rings is 2. The Balaban J connectivity index is 0. The molecule has 0 amide bonds. The fraction of sp³-hybridized carbons (Fsp3) is 1.00. The first-order chi connectivity index (χ1) is 11.1. The van der Waals surface area contributed by atoms with Gasteiger partial charge in [-0.05, 0) is 51.5 Å². The van der Waals surface area contributed by atoms with Crippen LogP contribution in [0.25, 0.3) is 16.0 Å². The van der Waals surface area contributed by atoms with Gasteiger partial charge in [0.2, 0.25) is 0 Å². The second-order valence-corrected chi connectivity index (χ2v) is 7.70. The van der Waals surface area contributed by atoms with Crippen LogP contribution in [0, 0.1) is 5.41 Å². The van der Waals surface area contributed by atoms with Gasteiger partial charge >= 0.3 is 0 Å². The predicted octanol–water partition coefficient (Wildman–Crippen LogP) is 2.97. The number of piperazine rings is 1. The number of rotatable bonds is 0. The molecule has 2 spiro atoms. The summed E-state index contributed by atoms with van der Waals surface area (Å²) in [5, 5.41) is 15.8. The minimum absolute atomic E-state index is 0. The molecule has 0 atom stereocenters. The van der Waals surface area contributed by atoms with Crippen LogP contribution in [0.5, 0.6) is 0 Å². The zero-order chi connectivity index (χ0) is 16.6. The van der Waals surface area contributed by atoms with Gasteiger partial charge < -0.3 is 26.2 Å². The van der Waals surface area contributed by atoms with Gasteiger partial charge in [0.15, 0.2) is 0 Å². The van der Waals surface area contributed by atoms with Crippen LogP contribution in [-0.4, -0.2) is 77.4 Å². The Morgan fingerprint density at radius 1 is 0.846 bits per heavy atom. The normalized spacial score (nSPS) is 25.0. The van der Waals surface area contributed by atoms with Gasteiger partial charge in [0, 0.05) is 98.1 Å². The van der Waals surface area contributed by atoms with E-state index in [1.165, 1.54) is 51.6 Å². The number of nitrogens with one attached hydrogen (secondary N) is 1. The molecule has 0 aromatic heterocycles. The van der Waals surface area contributed by atoms with Crippen molar-refractivity contribution in [1.82, 2.24) is 10.2 Å². The standard InChI is InChI=1S/C10H19N2.C6H11N2.C2H6N.3Y/c1-12-8-4-10(5-9-12)2-6-11-7-3-10;1-2-6(1)5-7-3-4-8-6;1-3-2;;;/h2-9H2,1H3;7H,1-5H2;1-2H3;;;/q3*-1;;;. The van der Waals surface area contributed by atoms with Crippen LogP contribution in [0.4, 0.5) is 0 Å². The minimum atomic E-state index is 0. The molecule has 1 saturated carbocycles. The molecule has 145 valence electrons. The van der Waals surface area contributed by atoms with Crippen LogP contribution < -0.4 is 5.32 Å². The first-order valence-corrected chi connectivity index (χ1v) is 9.33. The van der Waals surface area contributed by atoms with Gasteiger partial charge in [0.1, 0.15) is 0 Å². The summed E-state index contributed by atoms with van der Waals surface area (Å²) in [4.78, 5) is 2.46. The molecule has 1 N–H and O–H groups in total. The number of hydrogen-bond donors (Lipinski definition) is 1. The number of likely N-dealkylation sites (tertiary alicyclic amines) is 1. The molecule has 0 aromatic carbocycles. The molecule has 4 rings (SSSR count). The molecule has 3 saturated heterocycles. The molecule has 0 aromatic rings. The maximum atomic E-state index is 4.51. The van der Waals surface area contributed by atoms with Gasteiger partial charge in [-0.1, -0.05) is 25.7 Å². The monoisotopic (exact) mass is 589 g/mol. The first kappa shape index (κ1) is 31.3. The predicted molar refractivity (Wildman–Crippen MR) is 99.8 cm³/mol. The summed E-state index contributed by atoms with van der Waals surface area (Å²) in [5.74, 6) is 0. The Labute approximate surface area is 237 Å². The van der Waals surface area contributed by atoms with E-state index in [0.717, 1.165) is 32.7 Å². The van der Waals surface area contributed by atoms with Crippen LogP contribution in [0.15, 0.2) is 0 Å². The van der Waals surface area contributed by atoms with E-state index in [0.29, 0.717) is 11.0 Å². The second kappa shape index (κ2) is 16.8. The molecule has 4 fully saturated rings. The van der Waals surface area contributed by atoms with Gasteiger partial charge in [-0.2, -0.15) is 14.1 Å². The molecule has 5 nitrogen and oxygen atoms in total. The summed E-state index contributed by atoms with van der Waals surface area (Å²) in [5.41, 5.74) is 1.15. The van der Waals surface area contributed by atoms with E-state index < -0.39 is 0 Å². The molecule has 26 heavy (non-hydrogen) atoms. The largest absolute Gasteiger partial charge is 0.668 e. The van der Waals surface area contributed by atoms with Gasteiger partial charge in [-0.25, -0.2) is 0 Å². The Kier molecular flexibility index (Phi) is 20.2. The molecule has 0 unspecified atom stereocenters. The second-order valence-electron chi connectivity index (χ2n) is 7.70. The maximum Gasteiger partial charge on any atom is 0 e. The Morgan fingerprint density at radius 2 is 1.38 bits per heavy atom. The summed E-state index contributed by atoms with van der Waals surface area (Å²) < 4.78 is 0. The van der Waals surface area contributed by atoms with E-state index in [1.807, 2.05) is 0 Å². The maximum absolute atomic E-state index is 4.51. The summed E-state index contributed by atoms with van der Waals surface area (Å²) in [7, 11) is 5.74. The fourth-order valence-corrected chi connectivity index (χ4v) is 3.69. The van der Waals surface area contributed by atoms with E-state index >= 15 is 0 Å². The average Bonchev–Trinajstić information content (AvgIpc) is 3.32. The molecule has 4 aliphatic rings. The van der Waals surface area contributed by atoms with Crippen molar-refractivity contribution in [3.63, 3.8) is 0 Å². The van der Waals surface area contributed by atoms with Crippen molar-refractivity contribution in [3.05, 3.63) is 16.0 Å². The SMILES string of the molecule is C1CNCC2(CC2)[N-]1.CN1CCC2(CC[N-]CC2)CC1.C[N-]C.[Y].[Y].[Y]. The van der Waals surface area contributed by atoms with Gasteiger partial charge in [-0.15, -0.1) is 25.2 Å². The van der Waals surface area contributed by atoms with Crippen molar-refractivity contribution in [2.45, 2.75) is 44.1 Å².